The van der Waals surface area contributed by atoms with Gasteiger partial charge in [0.2, 0.25) is 5.78 Å². The summed E-state index contributed by atoms with van der Waals surface area (Å²) in [7, 11) is 0.744. The summed E-state index contributed by atoms with van der Waals surface area (Å²) < 4.78 is 30.1. The molecule has 1 rings (SSSR count). The standard InChI is InChI=1S/C10H8F2O4/c1-16-9(15)10(11,12)8(14)6-4-2-3-5-7(6)13/h2-5,13H,1H3. The van der Waals surface area contributed by atoms with E-state index in [1.54, 1.807) is 0 Å². The molecule has 16 heavy (non-hydrogen) atoms. The van der Waals surface area contributed by atoms with Crippen molar-refractivity contribution in [2.75, 3.05) is 7.11 Å². The maximum absolute atomic E-state index is 13.1. The summed E-state index contributed by atoms with van der Waals surface area (Å²) in [5.41, 5.74) is -0.627. The Morgan fingerprint density at radius 2 is 1.88 bits per heavy atom. The van der Waals surface area contributed by atoms with Crippen molar-refractivity contribution < 1.29 is 28.2 Å². The van der Waals surface area contributed by atoms with Crippen LogP contribution in [0.15, 0.2) is 24.3 Å². The van der Waals surface area contributed by atoms with E-state index in [1.807, 2.05) is 0 Å². The lowest BCUT2D eigenvalue weighted by Gasteiger charge is -2.12. The fourth-order valence-corrected chi connectivity index (χ4v) is 1.06. The van der Waals surface area contributed by atoms with Gasteiger partial charge >= 0.3 is 11.9 Å². The summed E-state index contributed by atoms with van der Waals surface area (Å²) in [6.45, 7) is 0. The smallest absolute Gasteiger partial charge is 0.404 e. The molecule has 0 unspecified atom stereocenters. The zero-order valence-corrected chi connectivity index (χ0v) is 8.24. The SMILES string of the molecule is COC(=O)C(F)(F)C(=O)c1ccccc1O. The Kier molecular flexibility index (Phi) is 3.22. The number of ether oxygens (including phenoxy) is 1. The molecule has 1 aromatic carbocycles. The number of alkyl halides is 2. The van der Waals surface area contributed by atoms with Crippen molar-refractivity contribution in [1.29, 1.82) is 0 Å². The summed E-state index contributed by atoms with van der Waals surface area (Å²) in [6, 6.07) is 4.72. The topological polar surface area (TPSA) is 63.6 Å². The third kappa shape index (κ3) is 2.00. The molecule has 0 fully saturated rings. The quantitative estimate of drug-likeness (QED) is 0.484. The predicted molar refractivity (Wildman–Crippen MR) is 49.4 cm³/mol. The zero-order chi connectivity index (χ0) is 12.3. The number of benzene rings is 1. The summed E-state index contributed by atoms with van der Waals surface area (Å²) in [5.74, 6) is -8.66. The number of hydrogen-bond donors (Lipinski definition) is 1. The molecule has 0 bridgehead atoms. The highest BCUT2D eigenvalue weighted by molar-refractivity contribution is 6.14. The Morgan fingerprint density at radius 1 is 1.31 bits per heavy atom. The van der Waals surface area contributed by atoms with E-state index in [1.165, 1.54) is 12.1 Å². The normalized spacial score (nSPS) is 10.9. The van der Waals surface area contributed by atoms with Gasteiger partial charge in [0.25, 0.3) is 0 Å². The first-order valence-electron chi connectivity index (χ1n) is 4.20. The molecular weight excluding hydrogens is 222 g/mol. The van der Waals surface area contributed by atoms with Crippen LogP contribution in [0.3, 0.4) is 0 Å². The van der Waals surface area contributed by atoms with Crippen LogP contribution >= 0.6 is 0 Å². The van der Waals surface area contributed by atoms with Crippen LogP contribution in [0, 0.1) is 0 Å². The number of Topliss-reactive ketones (excluding diaryl/α,β-unsaturated/α-hetero) is 1. The number of carbonyl (C=O) groups is 2. The molecule has 86 valence electrons. The number of phenolic OH excluding ortho intramolecular Hbond substituents is 1. The third-order valence-corrected chi connectivity index (χ3v) is 1.88. The summed E-state index contributed by atoms with van der Waals surface area (Å²) in [4.78, 5) is 22.0. The Balaban J connectivity index is 3.12. The van der Waals surface area contributed by atoms with E-state index in [2.05, 4.69) is 4.74 Å². The Bertz CT molecular complexity index is 429. The van der Waals surface area contributed by atoms with Gasteiger partial charge in [0.15, 0.2) is 0 Å². The van der Waals surface area contributed by atoms with E-state index >= 15 is 0 Å². The van der Waals surface area contributed by atoms with Crippen LogP contribution in [0.25, 0.3) is 0 Å². The van der Waals surface area contributed by atoms with Crippen molar-refractivity contribution in [3.05, 3.63) is 29.8 Å². The van der Waals surface area contributed by atoms with E-state index < -0.39 is 29.0 Å². The number of rotatable bonds is 3. The molecule has 0 aliphatic rings. The van der Waals surface area contributed by atoms with Gasteiger partial charge in [-0.05, 0) is 12.1 Å². The van der Waals surface area contributed by atoms with Gasteiger partial charge in [0.1, 0.15) is 5.75 Å². The molecule has 0 saturated carbocycles. The van der Waals surface area contributed by atoms with Gasteiger partial charge in [-0.15, -0.1) is 0 Å². The number of aromatic hydroxyl groups is 1. The van der Waals surface area contributed by atoms with Gasteiger partial charge in [0.05, 0.1) is 12.7 Å². The van der Waals surface area contributed by atoms with E-state index in [-0.39, 0.29) is 0 Å². The van der Waals surface area contributed by atoms with Crippen LogP contribution in [-0.2, 0) is 9.53 Å². The summed E-state index contributed by atoms with van der Waals surface area (Å²) >= 11 is 0. The molecule has 1 aromatic rings. The molecule has 4 nitrogen and oxygen atoms in total. The van der Waals surface area contributed by atoms with Crippen LogP contribution in [-0.4, -0.2) is 29.9 Å². The van der Waals surface area contributed by atoms with Crippen molar-refractivity contribution in [3.8, 4) is 5.75 Å². The van der Waals surface area contributed by atoms with E-state index in [9.17, 15) is 23.5 Å². The second-order valence-electron chi connectivity index (χ2n) is 2.91. The highest BCUT2D eigenvalue weighted by Gasteiger charge is 2.49. The van der Waals surface area contributed by atoms with E-state index in [0.717, 1.165) is 19.2 Å². The fourth-order valence-electron chi connectivity index (χ4n) is 1.06. The zero-order valence-electron chi connectivity index (χ0n) is 8.24. The van der Waals surface area contributed by atoms with E-state index in [0.29, 0.717) is 0 Å². The molecule has 1 N–H and O–H groups in total. The lowest BCUT2D eigenvalue weighted by Crippen LogP contribution is -2.38. The first-order chi connectivity index (χ1) is 7.41. The van der Waals surface area contributed by atoms with Gasteiger partial charge in [-0.3, -0.25) is 4.79 Å². The molecule has 6 heteroatoms. The number of hydrogen-bond acceptors (Lipinski definition) is 4. The van der Waals surface area contributed by atoms with Crippen LogP contribution in [0.1, 0.15) is 10.4 Å². The van der Waals surface area contributed by atoms with Gasteiger partial charge in [0, 0.05) is 0 Å². The molecular formula is C10H8F2O4. The monoisotopic (exact) mass is 230 g/mol. The second kappa shape index (κ2) is 4.26. The average Bonchev–Trinajstić information content (AvgIpc) is 2.27. The van der Waals surface area contributed by atoms with Gasteiger partial charge < -0.3 is 9.84 Å². The molecule has 0 aliphatic carbocycles. The van der Waals surface area contributed by atoms with Crippen molar-refractivity contribution in [2.45, 2.75) is 5.92 Å². The molecule has 0 heterocycles. The highest BCUT2D eigenvalue weighted by atomic mass is 19.3. The van der Waals surface area contributed by atoms with Crippen LogP contribution in [0.5, 0.6) is 5.75 Å². The van der Waals surface area contributed by atoms with Crippen molar-refractivity contribution >= 4 is 11.8 Å². The molecule has 0 aliphatic heterocycles. The number of carbonyl (C=O) groups excluding carboxylic acids is 2. The summed E-state index contributed by atoms with van der Waals surface area (Å²) in [5, 5.41) is 9.19. The van der Waals surface area contributed by atoms with E-state index in [4.69, 9.17) is 0 Å². The largest absolute Gasteiger partial charge is 0.507 e. The van der Waals surface area contributed by atoms with Crippen molar-refractivity contribution in [2.24, 2.45) is 0 Å². The molecule has 0 spiro atoms. The first-order valence-corrected chi connectivity index (χ1v) is 4.20. The molecule has 0 atom stereocenters. The molecule has 0 saturated heterocycles. The van der Waals surface area contributed by atoms with Crippen molar-refractivity contribution in [3.63, 3.8) is 0 Å². The first kappa shape index (κ1) is 12.1. The second-order valence-corrected chi connectivity index (χ2v) is 2.91. The fraction of sp³-hybridized carbons (Fsp3) is 0.200. The minimum absolute atomic E-state index is 0.615. The third-order valence-electron chi connectivity index (χ3n) is 1.88. The number of phenols is 1. The van der Waals surface area contributed by atoms with Crippen LogP contribution < -0.4 is 0 Å². The number of esters is 1. The Labute approximate surface area is 89.5 Å². The average molecular weight is 230 g/mol. The number of halogens is 2. The Morgan fingerprint density at radius 3 is 2.38 bits per heavy atom. The minimum Gasteiger partial charge on any atom is -0.507 e. The number of para-hydroxylation sites is 1. The van der Waals surface area contributed by atoms with Crippen molar-refractivity contribution in [1.82, 2.24) is 0 Å². The predicted octanol–water partition coefficient (Wildman–Crippen LogP) is 1.38. The van der Waals surface area contributed by atoms with Gasteiger partial charge in [-0.25, -0.2) is 4.79 Å². The minimum atomic E-state index is -4.30. The summed E-state index contributed by atoms with van der Waals surface area (Å²) in [6.07, 6.45) is 0. The lowest BCUT2D eigenvalue weighted by atomic mass is 10.0. The highest BCUT2D eigenvalue weighted by Crippen LogP contribution is 2.26. The van der Waals surface area contributed by atoms with Gasteiger partial charge in [-0.2, -0.15) is 8.78 Å². The maximum atomic E-state index is 13.1. The van der Waals surface area contributed by atoms with Crippen LogP contribution in [0.2, 0.25) is 0 Å². The number of ketones is 1. The molecule has 0 aromatic heterocycles. The maximum Gasteiger partial charge on any atom is 0.404 e. The Hall–Kier alpha value is -1.98. The molecule has 0 amide bonds. The lowest BCUT2D eigenvalue weighted by molar-refractivity contribution is -0.161. The molecule has 0 radical (unpaired) electrons. The van der Waals surface area contributed by atoms with Gasteiger partial charge in [-0.1, -0.05) is 12.1 Å². The van der Waals surface area contributed by atoms with Crippen LogP contribution in [0.4, 0.5) is 8.78 Å². The number of methoxy groups -OCH3 is 1.